The van der Waals surface area contributed by atoms with E-state index in [1.165, 1.54) is 32.4 Å². The number of rotatable bonds is 2. The molecule has 0 radical (unpaired) electrons. The zero-order valence-corrected chi connectivity index (χ0v) is 14.5. The normalized spacial score (nSPS) is 24.2. The summed E-state index contributed by atoms with van der Waals surface area (Å²) in [5.74, 6) is 0.336. The second kappa shape index (κ2) is 7.04. The van der Waals surface area contributed by atoms with Crippen molar-refractivity contribution >= 4 is 17.5 Å². The summed E-state index contributed by atoms with van der Waals surface area (Å²) in [4.78, 5) is 29.1. The van der Waals surface area contributed by atoms with Crippen LogP contribution in [0.15, 0.2) is 18.2 Å². The van der Waals surface area contributed by atoms with Crippen molar-refractivity contribution in [3.05, 3.63) is 23.8 Å². The zero-order chi connectivity index (χ0) is 17.2. The fourth-order valence-electron chi connectivity index (χ4n) is 4.21. The van der Waals surface area contributed by atoms with Crippen molar-refractivity contribution in [2.45, 2.75) is 38.1 Å². The highest BCUT2D eigenvalue weighted by Gasteiger charge is 2.29. The number of fused-ring (bicyclic) bond motifs is 1. The Balaban J connectivity index is 1.48. The maximum Gasteiger partial charge on any atom is 0.262 e. The number of hydrogen-bond acceptors (Lipinski definition) is 4. The molecule has 2 fully saturated rings. The van der Waals surface area contributed by atoms with Gasteiger partial charge < -0.3 is 19.9 Å². The number of carbonyl (C=O) groups is 2. The molecule has 1 aromatic rings. The van der Waals surface area contributed by atoms with Crippen LogP contribution in [0.4, 0.5) is 5.69 Å². The SMILES string of the molecule is O=C1COc2c(cccc2C(=O)N2CCCC(N3CCCC3)CC2)N1. The number of hydrogen-bond donors (Lipinski definition) is 1. The average molecular weight is 343 g/mol. The second-order valence-corrected chi connectivity index (χ2v) is 7.14. The lowest BCUT2D eigenvalue weighted by Gasteiger charge is -2.27. The molecule has 6 nitrogen and oxygen atoms in total. The van der Waals surface area contributed by atoms with Crippen LogP contribution in [0.2, 0.25) is 0 Å². The lowest BCUT2D eigenvalue weighted by Crippen LogP contribution is -2.36. The van der Waals surface area contributed by atoms with E-state index in [1.54, 1.807) is 18.2 Å². The van der Waals surface area contributed by atoms with Gasteiger partial charge in [-0.2, -0.15) is 0 Å². The first kappa shape index (κ1) is 16.4. The number of ether oxygens (including phenoxy) is 1. The number of amides is 2. The van der Waals surface area contributed by atoms with Gasteiger partial charge in [-0.1, -0.05) is 6.07 Å². The molecule has 0 aliphatic carbocycles. The summed E-state index contributed by atoms with van der Waals surface area (Å²) in [7, 11) is 0. The molecule has 3 aliphatic rings. The van der Waals surface area contributed by atoms with E-state index in [4.69, 9.17) is 4.74 Å². The monoisotopic (exact) mass is 343 g/mol. The third-order valence-corrected chi connectivity index (χ3v) is 5.51. The quantitative estimate of drug-likeness (QED) is 0.893. The Labute approximate surface area is 148 Å². The zero-order valence-electron chi connectivity index (χ0n) is 14.5. The van der Waals surface area contributed by atoms with E-state index in [2.05, 4.69) is 10.2 Å². The van der Waals surface area contributed by atoms with Gasteiger partial charge in [0.05, 0.1) is 11.3 Å². The molecule has 2 amide bonds. The van der Waals surface area contributed by atoms with Crippen LogP contribution in [-0.4, -0.2) is 60.4 Å². The van der Waals surface area contributed by atoms with Crippen LogP contribution in [-0.2, 0) is 4.79 Å². The average Bonchev–Trinajstić information content (AvgIpc) is 3.05. The highest BCUT2D eigenvalue weighted by atomic mass is 16.5. The Morgan fingerprint density at radius 3 is 2.76 bits per heavy atom. The largest absolute Gasteiger partial charge is 0.481 e. The van der Waals surface area contributed by atoms with Gasteiger partial charge in [-0.3, -0.25) is 9.59 Å². The van der Waals surface area contributed by atoms with E-state index in [1.807, 2.05) is 4.90 Å². The van der Waals surface area contributed by atoms with Gasteiger partial charge in [0.15, 0.2) is 12.4 Å². The van der Waals surface area contributed by atoms with Gasteiger partial charge in [0.2, 0.25) is 0 Å². The molecule has 0 spiro atoms. The Morgan fingerprint density at radius 2 is 1.92 bits per heavy atom. The van der Waals surface area contributed by atoms with E-state index in [-0.39, 0.29) is 18.4 Å². The van der Waals surface area contributed by atoms with Crippen molar-refractivity contribution in [1.82, 2.24) is 9.80 Å². The Morgan fingerprint density at radius 1 is 1.08 bits per heavy atom. The third kappa shape index (κ3) is 3.35. The summed E-state index contributed by atoms with van der Waals surface area (Å²) >= 11 is 0. The molecule has 0 saturated carbocycles. The number of nitrogens with one attached hydrogen (secondary N) is 1. The topological polar surface area (TPSA) is 61.9 Å². The Kier molecular flexibility index (Phi) is 4.61. The predicted molar refractivity (Wildman–Crippen MR) is 94.9 cm³/mol. The molecule has 25 heavy (non-hydrogen) atoms. The fourth-order valence-corrected chi connectivity index (χ4v) is 4.21. The van der Waals surface area contributed by atoms with Gasteiger partial charge in [-0.15, -0.1) is 0 Å². The lowest BCUT2D eigenvalue weighted by molar-refractivity contribution is -0.118. The minimum absolute atomic E-state index is 0.00932. The van der Waals surface area contributed by atoms with Gasteiger partial charge in [0, 0.05) is 19.1 Å². The van der Waals surface area contributed by atoms with Crippen molar-refractivity contribution in [2.75, 3.05) is 38.1 Å². The molecule has 6 heteroatoms. The number of likely N-dealkylation sites (tertiary alicyclic amines) is 2. The molecular formula is C19H25N3O3. The molecule has 3 aliphatic heterocycles. The molecule has 0 aromatic heterocycles. The highest BCUT2D eigenvalue weighted by molar-refractivity contribution is 6.03. The molecular weight excluding hydrogens is 318 g/mol. The van der Waals surface area contributed by atoms with E-state index in [0.29, 0.717) is 23.0 Å². The number of nitrogens with zero attached hydrogens (tertiary/aromatic N) is 2. The van der Waals surface area contributed by atoms with E-state index < -0.39 is 0 Å². The van der Waals surface area contributed by atoms with Gasteiger partial charge >= 0.3 is 0 Å². The molecule has 2 saturated heterocycles. The van der Waals surface area contributed by atoms with Crippen LogP contribution in [0.3, 0.4) is 0 Å². The molecule has 1 N–H and O–H groups in total. The first-order valence-corrected chi connectivity index (χ1v) is 9.31. The molecule has 1 atom stereocenters. The van der Waals surface area contributed by atoms with Gasteiger partial charge in [-0.25, -0.2) is 0 Å². The standard InChI is InChI=1S/C19H25N3O3/c23-17-13-25-18-15(6-3-7-16(18)20-17)19(24)22-11-4-5-14(8-12-22)21-9-1-2-10-21/h3,6-7,14H,1-2,4-5,8-13H2,(H,20,23). The second-order valence-electron chi connectivity index (χ2n) is 7.14. The van der Waals surface area contributed by atoms with Crippen molar-refractivity contribution in [3.63, 3.8) is 0 Å². The van der Waals surface area contributed by atoms with E-state index in [9.17, 15) is 9.59 Å². The molecule has 4 rings (SSSR count). The minimum Gasteiger partial charge on any atom is -0.481 e. The van der Waals surface area contributed by atoms with Crippen LogP contribution in [0, 0.1) is 0 Å². The minimum atomic E-state index is -0.180. The summed E-state index contributed by atoms with van der Waals surface area (Å²) in [6.07, 6.45) is 5.86. The lowest BCUT2D eigenvalue weighted by atomic mass is 10.1. The summed E-state index contributed by atoms with van der Waals surface area (Å²) in [5, 5.41) is 2.77. The molecule has 3 heterocycles. The molecule has 1 unspecified atom stereocenters. The molecule has 0 bridgehead atoms. The van der Waals surface area contributed by atoms with Crippen LogP contribution in [0.25, 0.3) is 0 Å². The molecule has 134 valence electrons. The number of anilines is 1. The van der Waals surface area contributed by atoms with E-state index >= 15 is 0 Å². The highest BCUT2D eigenvalue weighted by Crippen LogP contribution is 2.33. The summed E-state index contributed by atoms with van der Waals surface area (Å²) < 4.78 is 5.54. The number of carbonyl (C=O) groups excluding carboxylic acids is 2. The summed E-state index contributed by atoms with van der Waals surface area (Å²) in [5.41, 5.74) is 1.14. The van der Waals surface area contributed by atoms with Gasteiger partial charge in [-0.05, 0) is 57.3 Å². The first-order chi connectivity index (χ1) is 12.2. The van der Waals surface area contributed by atoms with Crippen molar-refractivity contribution < 1.29 is 14.3 Å². The third-order valence-electron chi connectivity index (χ3n) is 5.51. The van der Waals surface area contributed by atoms with Gasteiger partial charge in [0.1, 0.15) is 0 Å². The summed E-state index contributed by atoms with van der Waals surface area (Å²) in [6.45, 7) is 3.96. The maximum absolute atomic E-state index is 13.1. The van der Waals surface area contributed by atoms with E-state index in [0.717, 1.165) is 25.9 Å². The number of benzene rings is 1. The number of para-hydroxylation sites is 1. The fraction of sp³-hybridized carbons (Fsp3) is 0.579. The maximum atomic E-state index is 13.1. The Hall–Kier alpha value is -2.08. The predicted octanol–water partition coefficient (Wildman–Crippen LogP) is 2.11. The van der Waals surface area contributed by atoms with Crippen LogP contribution in [0.1, 0.15) is 42.5 Å². The molecule has 1 aromatic carbocycles. The van der Waals surface area contributed by atoms with Crippen LogP contribution in [0.5, 0.6) is 5.75 Å². The van der Waals surface area contributed by atoms with Crippen molar-refractivity contribution in [3.8, 4) is 5.75 Å². The first-order valence-electron chi connectivity index (χ1n) is 9.31. The van der Waals surface area contributed by atoms with Gasteiger partial charge in [0.25, 0.3) is 11.8 Å². The van der Waals surface area contributed by atoms with Crippen molar-refractivity contribution in [2.24, 2.45) is 0 Å². The summed E-state index contributed by atoms with van der Waals surface area (Å²) in [6, 6.07) is 5.98. The smallest absolute Gasteiger partial charge is 0.262 e. The van der Waals surface area contributed by atoms with Crippen LogP contribution < -0.4 is 10.1 Å². The Bertz CT molecular complexity index is 670. The van der Waals surface area contributed by atoms with Crippen LogP contribution >= 0.6 is 0 Å². The van der Waals surface area contributed by atoms with Crippen molar-refractivity contribution in [1.29, 1.82) is 0 Å².